The minimum atomic E-state index is -0.401. The molecule has 0 aliphatic rings. The Morgan fingerprint density at radius 3 is 2.21 bits per heavy atom. The zero-order chi connectivity index (χ0) is 21.3. The number of rotatable bonds is 12. The number of aryl methyl sites for hydroxylation is 1. The quantitative estimate of drug-likeness (QED) is 0.399. The molecule has 4 heteroatoms. The van der Waals surface area contributed by atoms with Crippen molar-refractivity contribution in [2.24, 2.45) is 5.41 Å². The van der Waals surface area contributed by atoms with Crippen LogP contribution in [0.5, 0.6) is 0 Å². The van der Waals surface area contributed by atoms with Crippen LogP contribution in [0, 0.1) is 5.41 Å². The van der Waals surface area contributed by atoms with Gasteiger partial charge in [0.2, 0.25) is 5.91 Å². The van der Waals surface area contributed by atoms with Crippen molar-refractivity contribution in [1.29, 1.82) is 0 Å². The molecule has 0 bridgehead atoms. The maximum Gasteiger partial charge on any atom is 0.225 e. The highest BCUT2D eigenvalue weighted by atomic mass is 16.2. The second-order valence-electron chi connectivity index (χ2n) is 9.38. The van der Waals surface area contributed by atoms with E-state index in [1.54, 1.807) is 0 Å². The first-order valence-corrected chi connectivity index (χ1v) is 11.6. The van der Waals surface area contributed by atoms with Crippen LogP contribution in [0.15, 0.2) is 24.3 Å². The lowest BCUT2D eigenvalue weighted by atomic mass is 9.95. The third kappa shape index (κ3) is 7.17. The fraction of sp³-hybridized carbons (Fsp3) is 0.680. The molecule has 0 saturated carbocycles. The van der Waals surface area contributed by atoms with Gasteiger partial charge in [0.15, 0.2) is 0 Å². The van der Waals surface area contributed by atoms with E-state index in [0.29, 0.717) is 0 Å². The van der Waals surface area contributed by atoms with Gasteiger partial charge in [-0.15, -0.1) is 0 Å². The van der Waals surface area contributed by atoms with Crippen LogP contribution in [0.25, 0.3) is 11.0 Å². The van der Waals surface area contributed by atoms with Gasteiger partial charge in [-0.05, 0) is 25.5 Å². The van der Waals surface area contributed by atoms with Crippen LogP contribution in [0.1, 0.15) is 104 Å². The molecule has 29 heavy (non-hydrogen) atoms. The minimum Gasteiger partial charge on any atom is -0.346 e. The van der Waals surface area contributed by atoms with Crippen molar-refractivity contribution in [3.63, 3.8) is 0 Å². The molecule has 1 aromatic carbocycles. The number of imidazole rings is 1. The van der Waals surface area contributed by atoms with E-state index in [0.717, 1.165) is 24.3 Å². The standard InChI is InChI=1S/C25H41N3O/c1-6-7-8-9-10-11-12-13-16-19-28-22-18-15-14-17-21(22)27-23(28)20(2)26-24(29)25(3,4)5/h14-15,17-18,20H,6-13,16,19H2,1-5H3,(H,26,29). The Morgan fingerprint density at radius 1 is 1.00 bits per heavy atom. The average molecular weight is 400 g/mol. The van der Waals surface area contributed by atoms with Crippen LogP contribution < -0.4 is 5.32 Å². The molecule has 0 spiro atoms. The summed E-state index contributed by atoms with van der Waals surface area (Å²) in [6.45, 7) is 11.1. The normalized spacial score (nSPS) is 13.0. The van der Waals surface area contributed by atoms with Crippen molar-refractivity contribution < 1.29 is 4.79 Å². The van der Waals surface area contributed by atoms with E-state index in [9.17, 15) is 4.79 Å². The van der Waals surface area contributed by atoms with Gasteiger partial charge in [-0.3, -0.25) is 4.79 Å². The third-order valence-corrected chi connectivity index (χ3v) is 5.59. The van der Waals surface area contributed by atoms with E-state index in [4.69, 9.17) is 4.98 Å². The summed E-state index contributed by atoms with van der Waals surface area (Å²) >= 11 is 0. The molecule has 0 saturated heterocycles. The Labute approximate surface area is 177 Å². The number of hydrogen-bond donors (Lipinski definition) is 1. The predicted octanol–water partition coefficient (Wildman–Crippen LogP) is 6.79. The Balaban J connectivity index is 1.95. The van der Waals surface area contributed by atoms with Crippen LogP contribution in [-0.4, -0.2) is 15.5 Å². The Hall–Kier alpha value is -1.84. The highest BCUT2D eigenvalue weighted by Gasteiger charge is 2.25. The molecule has 0 fully saturated rings. The van der Waals surface area contributed by atoms with E-state index in [-0.39, 0.29) is 11.9 Å². The van der Waals surface area contributed by atoms with Crippen molar-refractivity contribution in [3.8, 4) is 0 Å². The number of unbranched alkanes of at least 4 members (excludes halogenated alkanes) is 8. The number of carbonyl (C=O) groups excluding carboxylic acids is 1. The lowest BCUT2D eigenvalue weighted by Crippen LogP contribution is -2.37. The first kappa shape index (κ1) is 23.4. The van der Waals surface area contributed by atoms with E-state index < -0.39 is 5.41 Å². The zero-order valence-corrected chi connectivity index (χ0v) is 19.3. The van der Waals surface area contributed by atoms with E-state index >= 15 is 0 Å². The minimum absolute atomic E-state index is 0.0617. The molecule has 1 amide bonds. The summed E-state index contributed by atoms with van der Waals surface area (Å²) in [5, 5.41) is 3.15. The molecule has 1 unspecified atom stereocenters. The van der Waals surface area contributed by atoms with Crippen LogP contribution in [0.3, 0.4) is 0 Å². The monoisotopic (exact) mass is 399 g/mol. The SMILES string of the molecule is CCCCCCCCCCCn1c(C(C)NC(=O)C(C)(C)C)nc2ccccc21. The molecule has 2 rings (SSSR count). The zero-order valence-electron chi connectivity index (χ0n) is 19.3. The van der Waals surface area contributed by atoms with Gasteiger partial charge in [-0.2, -0.15) is 0 Å². The summed E-state index contributed by atoms with van der Waals surface area (Å²) in [4.78, 5) is 17.3. The fourth-order valence-corrected chi connectivity index (χ4v) is 3.72. The predicted molar refractivity (Wildman–Crippen MR) is 123 cm³/mol. The van der Waals surface area contributed by atoms with E-state index in [1.807, 2.05) is 33.8 Å². The Bertz CT molecular complexity index is 757. The molecule has 1 heterocycles. The number of nitrogens with one attached hydrogen (secondary N) is 1. The van der Waals surface area contributed by atoms with Gasteiger partial charge in [0.25, 0.3) is 0 Å². The number of para-hydroxylation sites is 2. The number of carbonyl (C=O) groups is 1. The van der Waals surface area contributed by atoms with Gasteiger partial charge in [-0.25, -0.2) is 4.98 Å². The van der Waals surface area contributed by atoms with Crippen molar-refractivity contribution >= 4 is 16.9 Å². The molecule has 0 aliphatic carbocycles. The summed E-state index contributed by atoms with van der Waals surface area (Å²) in [6, 6.07) is 8.19. The molecule has 4 nitrogen and oxygen atoms in total. The lowest BCUT2D eigenvalue weighted by molar-refractivity contribution is -0.129. The van der Waals surface area contributed by atoms with Gasteiger partial charge in [0.1, 0.15) is 5.82 Å². The largest absolute Gasteiger partial charge is 0.346 e. The van der Waals surface area contributed by atoms with Crippen LogP contribution in [0.2, 0.25) is 0 Å². The van der Waals surface area contributed by atoms with Gasteiger partial charge in [0, 0.05) is 12.0 Å². The maximum atomic E-state index is 12.5. The van der Waals surface area contributed by atoms with Gasteiger partial charge in [0.05, 0.1) is 17.1 Å². The van der Waals surface area contributed by atoms with Crippen LogP contribution in [-0.2, 0) is 11.3 Å². The summed E-state index contributed by atoms with van der Waals surface area (Å²) in [5.41, 5.74) is 1.77. The fourth-order valence-electron chi connectivity index (χ4n) is 3.72. The van der Waals surface area contributed by atoms with Gasteiger partial charge in [-0.1, -0.05) is 91.2 Å². The summed E-state index contributed by atoms with van der Waals surface area (Å²) in [6.07, 6.45) is 11.9. The molecular weight excluding hydrogens is 358 g/mol. The molecular formula is C25H41N3O. The number of amides is 1. The highest BCUT2D eigenvalue weighted by Crippen LogP contribution is 2.23. The van der Waals surface area contributed by atoms with Crippen molar-refractivity contribution in [2.75, 3.05) is 0 Å². The van der Waals surface area contributed by atoms with Crippen molar-refractivity contribution in [3.05, 3.63) is 30.1 Å². The molecule has 162 valence electrons. The first-order chi connectivity index (χ1) is 13.8. The summed E-state index contributed by atoms with van der Waals surface area (Å²) in [7, 11) is 0. The topological polar surface area (TPSA) is 46.9 Å². The van der Waals surface area contributed by atoms with Crippen molar-refractivity contribution in [1.82, 2.24) is 14.9 Å². The van der Waals surface area contributed by atoms with Crippen molar-refractivity contribution in [2.45, 2.75) is 105 Å². The number of aromatic nitrogens is 2. The van der Waals surface area contributed by atoms with Crippen LogP contribution >= 0.6 is 0 Å². The third-order valence-electron chi connectivity index (χ3n) is 5.59. The molecule has 1 N–H and O–H groups in total. The highest BCUT2D eigenvalue weighted by molar-refractivity contribution is 5.82. The number of nitrogens with zero attached hydrogens (tertiary/aromatic N) is 2. The molecule has 0 radical (unpaired) electrons. The van der Waals surface area contributed by atoms with Gasteiger partial charge >= 0.3 is 0 Å². The second kappa shape index (κ2) is 11.4. The number of benzene rings is 1. The maximum absolute atomic E-state index is 12.5. The van der Waals surface area contributed by atoms with Crippen LogP contribution in [0.4, 0.5) is 0 Å². The summed E-state index contributed by atoms with van der Waals surface area (Å²) < 4.78 is 2.31. The summed E-state index contributed by atoms with van der Waals surface area (Å²) in [5.74, 6) is 1.02. The average Bonchev–Trinajstić information content (AvgIpc) is 3.05. The molecule has 2 aromatic rings. The Morgan fingerprint density at radius 2 is 1.59 bits per heavy atom. The Kier molecular flexibility index (Phi) is 9.19. The molecule has 1 atom stereocenters. The number of fused-ring (bicyclic) bond motifs is 1. The second-order valence-corrected chi connectivity index (χ2v) is 9.38. The lowest BCUT2D eigenvalue weighted by Gasteiger charge is -2.22. The van der Waals surface area contributed by atoms with E-state index in [2.05, 4.69) is 35.0 Å². The smallest absolute Gasteiger partial charge is 0.225 e. The van der Waals surface area contributed by atoms with E-state index in [1.165, 1.54) is 56.9 Å². The first-order valence-electron chi connectivity index (χ1n) is 11.6. The molecule has 0 aliphatic heterocycles. The van der Waals surface area contributed by atoms with Gasteiger partial charge < -0.3 is 9.88 Å². The molecule has 1 aromatic heterocycles. The number of hydrogen-bond acceptors (Lipinski definition) is 2.